The molecule has 5 heteroatoms. The highest BCUT2D eigenvalue weighted by Crippen LogP contribution is 2.06. The maximum Gasteiger partial charge on any atom is 0.326 e. The van der Waals surface area contributed by atoms with Crippen LogP contribution in [0.3, 0.4) is 0 Å². The van der Waals surface area contributed by atoms with Gasteiger partial charge < -0.3 is 9.30 Å². The topological polar surface area (TPSA) is 48.3 Å². The molecule has 1 unspecified atom stereocenters. The maximum atomic E-state index is 11.7. The number of hydrogen-bond acceptors (Lipinski definition) is 3. The first kappa shape index (κ1) is 14.0. The fourth-order valence-corrected chi connectivity index (χ4v) is 1.93. The van der Waals surface area contributed by atoms with E-state index in [4.69, 9.17) is 4.74 Å². The minimum atomic E-state index is -0.390. The Bertz CT molecular complexity index is 467. The molecule has 0 radical (unpaired) electrons. The highest BCUT2D eigenvalue weighted by molar-refractivity contribution is 9.10. The summed E-state index contributed by atoms with van der Waals surface area (Å²) < 4.78 is 6.93. The van der Waals surface area contributed by atoms with Crippen molar-refractivity contribution < 1.29 is 9.53 Å². The van der Waals surface area contributed by atoms with E-state index in [-0.39, 0.29) is 24.2 Å². The van der Waals surface area contributed by atoms with E-state index in [0.717, 1.165) is 12.0 Å². The van der Waals surface area contributed by atoms with Gasteiger partial charge in [0.15, 0.2) is 0 Å². The Morgan fingerprint density at radius 1 is 1.59 bits per heavy atom. The number of halogens is 1. The monoisotopic (exact) mass is 301 g/mol. The average Bonchev–Trinajstić information content (AvgIpc) is 2.24. The second kappa shape index (κ2) is 6.00. The van der Waals surface area contributed by atoms with Crippen molar-refractivity contribution in [3.8, 4) is 0 Å². The Hall–Kier alpha value is -1.10. The highest BCUT2D eigenvalue weighted by atomic mass is 79.9. The van der Waals surface area contributed by atoms with E-state index in [1.165, 1.54) is 4.57 Å². The maximum absolute atomic E-state index is 11.7. The van der Waals surface area contributed by atoms with Crippen LogP contribution in [0.2, 0.25) is 0 Å². The largest absolute Gasteiger partial charge is 0.461 e. The summed E-state index contributed by atoms with van der Waals surface area (Å²) in [4.78, 5) is 23.3. The molecule has 0 aliphatic carbocycles. The van der Waals surface area contributed by atoms with Crippen LogP contribution in [0.1, 0.15) is 25.8 Å². The van der Waals surface area contributed by atoms with Gasteiger partial charge in [0.2, 0.25) is 0 Å². The predicted octanol–water partition coefficient (Wildman–Crippen LogP) is 2.26. The lowest BCUT2D eigenvalue weighted by Gasteiger charge is -2.12. The number of ether oxygens (including phenoxy) is 1. The first-order chi connectivity index (χ1) is 7.93. The smallest absolute Gasteiger partial charge is 0.326 e. The fourth-order valence-electron chi connectivity index (χ4n) is 1.34. The standard InChI is InChI=1S/C12H16BrNO3/c1-4-9(3)17-11(15)7-14-6-8(2)5-10(13)12(14)16/h5-6,9H,4,7H2,1-3H3. The number of aryl methyl sites for hydroxylation is 1. The zero-order valence-corrected chi connectivity index (χ0v) is 11.8. The van der Waals surface area contributed by atoms with Crippen molar-refractivity contribution in [1.29, 1.82) is 0 Å². The van der Waals surface area contributed by atoms with Gasteiger partial charge in [0, 0.05) is 6.20 Å². The summed E-state index contributed by atoms with van der Waals surface area (Å²) in [5.41, 5.74) is 0.685. The van der Waals surface area contributed by atoms with Gasteiger partial charge in [-0.3, -0.25) is 9.59 Å². The van der Waals surface area contributed by atoms with Crippen LogP contribution in [0.15, 0.2) is 21.5 Å². The van der Waals surface area contributed by atoms with Crippen LogP contribution >= 0.6 is 15.9 Å². The van der Waals surface area contributed by atoms with Crippen LogP contribution in [0.5, 0.6) is 0 Å². The number of esters is 1. The van der Waals surface area contributed by atoms with Gasteiger partial charge in [-0.2, -0.15) is 0 Å². The summed E-state index contributed by atoms with van der Waals surface area (Å²) in [6, 6.07) is 1.72. The molecule has 4 nitrogen and oxygen atoms in total. The van der Waals surface area contributed by atoms with Crippen molar-refractivity contribution in [2.75, 3.05) is 0 Å². The van der Waals surface area contributed by atoms with Crippen molar-refractivity contribution >= 4 is 21.9 Å². The second-order valence-electron chi connectivity index (χ2n) is 4.01. The lowest BCUT2D eigenvalue weighted by atomic mass is 10.3. The predicted molar refractivity (Wildman–Crippen MR) is 69.0 cm³/mol. The second-order valence-corrected chi connectivity index (χ2v) is 4.86. The van der Waals surface area contributed by atoms with Crippen LogP contribution in [0.25, 0.3) is 0 Å². The molecule has 94 valence electrons. The Morgan fingerprint density at radius 2 is 2.24 bits per heavy atom. The molecule has 17 heavy (non-hydrogen) atoms. The highest BCUT2D eigenvalue weighted by Gasteiger charge is 2.11. The van der Waals surface area contributed by atoms with Crippen molar-refractivity contribution in [2.24, 2.45) is 0 Å². The molecular formula is C12H16BrNO3. The molecule has 0 bridgehead atoms. The SMILES string of the molecule is CCC(C)OC(=O)Cn1cc(C)cc(Br)c1=O. The first-order valence-electron chi connectivity index (χ1n) is 5.50. The van der Waals surface area contributed by atoms with Crippen LogP contribution < -0.4 is 5.56 Å². The van der Waals surface area contributed by atoms with E-state index in [1.807, 2.05) is 20.8 Å². The lowest BCUT2D eigenvalue weighted by Crippen LogP contribution is -2.27. The van der Waals surface area contributed by atoms with Gasteiger partial charge in [0.1, 0.15) is 6.54 Å². The summed E-state index contributed by atoms with van der Waals surface area (Å²) in [6.07, 6.45) is 2.29. The molecule has 1 rings (SSSR count). The van der Waals surface area contributed by atoms with Crippen LogP contribution in [0, 0.1) is 6.92 Å². The van der Waals surface area contributed by atoms with E-state index >= 15 is 0 Å². The number of aromatic nitrogens is 1. The minimum Gasteiger partial charge on any atom is -0.461 e. The zero-order valence-electron chi connectivity index (χ0n) is 10.2. The number of carbonyl (C=O) groups excluding carboxylic acids is 1. The summed E-state index contributed by atoms with van der Waals surface area (Å²) in [5, 5.41) is 0. The molecule has 1 heterocycles. The third-order valence-corrected chi connectivity index (χ3v) is 2.95. The van der Waals surface area contributed by atoms with Gasteiger partial charge >= 0.3 is 5.97 Å². The van der Waals surface area contributed by atoms with Gasteiger partial charge in [-0.1, -0.05) is 6.92 Å². The molecule has 0 saturated carbocycles. The normalized spacial score (nSPS) is 12.2. The van der Waals surface area contributed by atoms with Gasteiger partial charge in [-0.05, 0) is 47.8 Å². The van der Waals surface area contributed by atoms with E-state index in [0.29, 0.717) is 4.47 Å². The molecule has 0 fully saturated rings. The van der Waals surface area contributed by atoms with Crippen molar-refractivity contribution in [1.82, 2.24) is 4.57 Å². The molecule has 1 aromatic heterocycles. The number of pyridine rings is 1. The third kappa shape index (κ3) is 4.00. The van der Waals surface area contributed by atoms with E-state index in [2.05, 4.69) is 15.9 Å². The van der Waals surface area contributed by atoms with Crippen molar-refractivity contribution in [2.45, 2.75) is 39.8 Å². The van der Waals surface area contributed by atoms with Crippen molar-refractivity contribution in [3.05, 3.63) is 32.7 Å². The molecule has 1 atom stereocenters. The fraction of sp³-hybridized carbons (Fsp3) is 0.500. The van der Waals surface area contributed by atoms with Gasteiger partial charge in [0.25, 0.3) is 5.56 Å². The van der Waals surface area contributed by atoms with Gasteiger partial charge in [-0.15, -0.1) is 0 Å². The molecule has 0 aliphatic rings. The summed E-state index contributed by atoms with van der Waals surface area (Å²) in [7, 11) is 0. The molecule has 0 aromatic carbocycles. The number of rotatable bonds is 4. The molecule has 1 aromatic rings. The minimum absolute atomic E-state index is 0.0521. The van der Waals surface area contributed by atoms with Gasteiger partial charge in [0.05, 0.1) is 10.6 Å². The third-order valence-electron chi connectivity index (χ3n) is 2.39. The van der Waals surface area contributed by atoms with Crippen LogP contribution in [-0.2, 0) is 16.1 Å². The summed E-state index contributed by atoms with van der Waals surface area (Å²) >= 11 is 3.17. The molecular weight excluding hydrogens is 286 g/mol. The Labute approximate surface area is 109 Å². The zero-order chi connectivity index (χ0) is 13.0. The molecule has 0 saturated heterocycles. The van der Waals surface area contributed by atoms with Crippen molar-refractivity contribution in [3.63, 3.8) is 0 Å². The Kier molecular flexibility index (Phi) is 4.93. The Morgan fingerprint density at radius 3 is 2.82 bits per heavy atom. The lowest BCUT2D eigenvalue weighted by molar-refractivity contribution is -0.149. The van der Waals surface area contributed by atoms with E-state index in [9.17, 15) is 9.59 Å². The number of nitrogens with zero attached hydrogens (tertiary/aromatic N) is 1. The van der Waals surface area contributed by atoms with Gasteiger partial charge in [-0.25, -0.2) is 0 Å². The van der Waals surface area contributed by atoms with Crippen LogP contribution in [-0.4, -0.2) is 16.6 Å². The Balaban J connectivity index is 2.82. The van der Waals surface area contributed by atoms with Crippen LogP contribution in [0.4, 0.5) is 0 Å². The molecule has 0 amide bonds. The number of hydrogen-bond donors (Lipinski definition) is 0. The summed E-state index contributed by atoms with van der Waals surface area (Å²) in [6.45, 7) is 5.57. The molecule has 0 aliphatic heterocycles. The summed E-state index contributed by atoms with van der Waals surface area (Å²) in [5.74, 6) is -0.390. The quantitative estimate of drug-likeness (QED) is 0.802. The molecule has 0 N–H and O–H groups in total. The number of carbonyl (C=O) groups is 1. The van der Waals surface area contributed by atoms with E-state index < -0.39 is 0 Å². The average molecular weight is 302 g/mol. The first-order valence-corrected chi connectivity index (χ1v) is 6.29. The molecule has 0 spiro atoms. The van der Waals surface area contributed by atoms with E-state index in [1.54, 1.807) is 12.3 Å².